The van der Waals surface area contributed by atoms with Crippen LogP contribution in [0, 0.1) is 6.92 Å². The Morgan fingerprint density at radius 2 is 2.14 bits per heavy atom. The fourth-order valence-electron chi connectivity index (χ4n) is 2.31. The van der Waals surface area contributed by atoms with E-state index in [1.54, 1.807) is 31.5 Å². The van der Waals surface area contributed by atoms with Gasteiger partial charge in [-0.15, -0.1) is 0 Å². The Morgan fingerprint density at radius 3 is 2.82 bits per heavy atom. The molecule has 0 fully saturated rings. The smallest absolute Gasteiger partial charge is 0.298 e. The summed E-state index contributed by atoms with van der Waals surface area (Å²) in [6.45, 7) is 1.84. The molecule has 3 rings (SSSR count). The molecule has 7 heteroatoms. The summed E-state index contributed by atoms with van der Waals surface area (Å²) in [5.74, 6) is 0.549. The SMILES string of the molecule is COc1cc2nc(N)c(=O)n(-c3cccnc3C)c2cc1Br. The number of anilines is 1. The number of methoxy groups -OCH3 is 1. The lowest BCUT2D eigenvalue weighted by Gasteiger charge is -2.14. The molecule has 3 aromatic rings. The molecule has 0 unspecified atom stereocenters. The molecule has 0 aliphatic rings. The molecule has 0 amide bonds. The van der Waals surface area contributed by atoms with Crippen molar-refractivity contribution in [2.24, 2.45) is 0 Å². The first-order valence-corrected chi connectivity index (χ1v) is 7.30. The molecule has 0 atom stereocenters. The number of nitrogen functional groups attached to an aromatic ring is 1. The zero-order chi connectivity index (χ0) is 15.9. The number of benzene rings is 1. The molecule has 0 saturated carbocycles. The summed E-state index contributed by atoms with van der Waals surface area (Å²) < 4.78 is 7.51. The monoisotopic (exact) mass is 360 g/mol. The van der Waals surface area contributed by atoms with Crippen molar-refractivity contribution in [2.45, 2.75) is 6.92 Å². The van der Waals surface area contributed by atoms with Gasteiger partial charge in [0, 0.05) is 12.3 Å². The highest BCUT2D eigenvalue weighted by Crippen LogP contribution is 2.30. The second kappa shape index (κ2) is 5.42. The van der Waals surface area contributed by atoms with Crippen molar-refractivity contribution in [1.29, 1.82) is 0 Å². The maximum absolute atomic E-state index is 12.5. The summed E-state index contributed by atoms with van der Waals surface area (Å²) in [5, 5.41) is 0. The number of hydrogen-bond acceptors (Lipinski definition) is 5. The van der Waals surface area contributed by atoms with Crippen molar-refractivity contribution in [3.05, 3.63) is 51.0 Å². The topological polar surface area (TPSA) is 83.0 Å². The van der Waals surface area contributed by atoms with Gasteiger partial charge < -0.3 is 10.5 Å². The van der Waals surface area contributed by atoms with Crippen LogP contribution >= 0.6 is 15.9 Å². The molecule has 112 valence electrons. The molecule has 0 bridgehead atoms. The standard InChI is InChI=1S/C15H13BrN4O2/c1-8-11(4-3-5-18-8)20-12-6-9(16)13(22-2)7-10(12)19-14(17)15(20)21/h3-7H,1-2H3,(H2,17,19). The second-order valence-electron chi connectivity index (χ2n) is 4.72. The molecule has 0 aliphatic heterocycles. The Balaban J connectivity index is 2.48. The van der Waals surface area contributed by atoms with Gasteiger partial charge >= 0.3 is 0 Å². The number of pyridine rings is 1. The molecule has 0 radical (unpaired) electrons. The minimum atomic E-state index is -0.374. The van der Waals surface area contributed by atoms with Crippen LogP contribution in [-0.4, -0.2) is 21.6 Å². The molecule has 0 aliphatic carbocycles. The van der Waals surface area contributed by atoms with E-state index in [9.17, 15) is 4.79 Å². The van der Waals surface area contributed by atoms with Gasteiger partial charge in [-0.05, 0) is 41.1 Å². The molecule has 2 aromatic heterocycles. The van der Waals surface area contributed by atoms with E-state index in [0.29, 0.717) is 22.5 Å². The number of rotatable bonds is 2. The van der Waals surface area contributed by atoms with Crippen molar-refractivity contribution < 1.29 is 4.74 Å². The normalized spacial score (nSPS) is 10.9. The van der Waals surface area contributed by atoms with E-state index in [-0.39, 0.29) is 11.4 Å². The van der Waals surface area contributed by atoms with E-state index in [1.165, 1.54) is 4.57 Å². The first-order valence-electron chi connectivity index (χ1n) is 6.50. The molecular weight excluding hydrogens is 348 g/mol. The van der Waals surface area contributed by atoms with Crippen molar-refractivity contribution in [2.75, 3.05) is 12.8 Å². The highest BCUT2D eigenvalue weighted by atomic mass is 79.9. The molecule has 6 nitrogen and oxygen atoms in total. The van der Waals surface area contributed by atoms with Gasteiger partial charge in [0.1, 0.15) is 5.75 Å². The molecule has 2 N–H and O–H groups in total. The number of aryl methyl sites for hydroxylation is 1. The van der Waals surface area contributed by atoms with Crippen LogP contribution in [-0.2, 0) is 0 Å². The number of nitrogens with two attached hydrogens (primary N) is 1. The Labute approximate surface area is 134 Å². The molecule has 2 heterocycles. The lowest BCUT2D eigenvalue weighted by molar-refractivity contribution is 0.412. The molecule has 0 saturated heterocycles. The summed E-state index contributed by atoms with van der Waals surface area (Å²) in [7, 11) is 1.57. The van der Waals surface area contributed by atoms with Crippen LogP contribution in [0.4, 0.5) is 5.82 Å². The third-order valence-electron chi connectivity index (χ3n) is 3.37. The Bertz CT molecular complexity index is 937. The van der Waals surface area contributed by atoms with Crippen LogP contribution < -0.4 is 16.0 Å². The van der Waals surface area contributed by atoms with Gasteiger partial charge in [0.15, 0.2) is 5.82 Å². The minimum Gasteiger partial charge on any atom is -0.495 e. The van der Waals surface area contributed by atoms with Crippen molar-refractivity contribution >= 4 is 32.8 Å². The van der Waals surface area contributed by atoms with Crippen LogP contribution in [0.3, 0.4) is 0 Å². The Kier molecular flexibility index (Phi) is 3.58. The highest BCUT2D eigenvalue weighted by molar-refractivity contribution is 9.10. The van der Waals surface area contributed by atoms with Crippen molar-refractivity contribution in [3.63, 3.8) is 0 Å². The zero-order valence-corrected chi connectivity index (χ0v) is 13.6. The first kappa shape index (κ1) is 14.5. The molecule has 0 spiro atoms. The molecular formula is C15H13BrN4O2. The Morgan fingerprint density at radius 1 is 1.36 bits per heavy atom. The summed E-state index contributed by atoms with van der Waals surface area (Å²) >= 11 is 3.43. The van der Waals surface area contributed by atoms with Gasteiger partial charge in [-0.2, -0.15) is 0 Å². The summed E-state index contributed by atoms with van der Waals surface area (Å²) in [4.78, 5) is 20.9. The number of ether oxygens (including phenoxy) is 1. The maximum atomic E-state index is 12.5. The van der Waals surface area contributed by atoms with Gasteiger partial charge in [0.2, 0.25) is 0 Å². The number of halogens is 1. The molecule has 1 aromatic carbocycles. The van der Waals surface area contributed by atoms with Crippen LogP contribution in [0.25, 0.3) is 16.7 Å². The van der Waals surface area contributed by atoms with E-state index < -0.39 is 0 Å². The fourth-order valence-corrected chi connectivity index (χ4v) is 2.80. The van der Waals surface area contributed by atoms with Gasteiger partial charge in [-0.1, -0.05) is 0 Å². The van der Waals surface area contributed by atoms with E-state index in [0.717, 1.165) is 10.2 Å². The maximum Gasteiger partial charge on any atom is 0.298 e. The predicted molar refractivity (Wildman–Crippen MR) is 88.5 cm³/mol. The number of hydrogen-bond donors (Lipinski definition) is 1. The van der Waals surface area contributed by atoms with E-state index in [1.807, 2.05) is 13.0 Å². The van der Waals surface area contributed by atoms with Gasteiger partial charge in [-0.3, -0.25) is 14.3 Å². The van der Waals surface area contributed by atoms with Gasteiger partial charge in [0.25, 0.3) is 5.56 Å². The predicted octanol–water partition coefficient (Wildman–Crippen LogP) is 2.44. The summed E-state index contributed by atoms with van der Waals surface area (Å²) in [6.07, 6.45) is 1.68. The second-order valence-corrected chi connectivity index (χ2v) is 5.58. The average Bonchev–Trinajstić information content (AvgIpc) is 2.50. The summed E-state index contributed by atoms with van der Waals surface area (Å²) in [5.41, 5.74) is 8.00. The van der Waals surface area contributed by atoms with Crippen LogP contribution in [0.5, 0.6) is 5.75 Å². The lowest BCUT2D eigenvalue weighted by atomic mass is 10.2. The van der Waals surface area contributed by atoms with Gasteiger partial charge in [-0.25, -0.2) is 4.98 Å². The number of aromatic nitrogens is 3. The van der Waals surface area contributed by atoms with E-state index in [4.69, 9.17) is 10.5 Å². The average molecular weight is 361 g/mol. The Hall–Kier alpha value is -2.41. The van der Waals surface area contributed by atoms with Crippen LogP contribution in [0.15, 0.2) is 39.7 Å². The quantitative estimate of drug-likeness (QED) is 0.758. The number of fused-ring (bicyclic) bond motifs is 1. The molecule has 22 heavy (non-hydrogen) atoms. The lowest BCUT2D eigenvalue weighted by Crippen LogP contribution is -2.24. The number of nitrogens with zero attached hydrogens (tertiary/aromatic N) is 3. The van der Waals surface area contributed by atoms with Crippen LogP contribution in [0.2, 0.25) is 0 Å². The minimum absolute atomic E-state index is 0.0693. The van der Waals surface area contributed by atoms with Crippen LogP contribution in [0.1, 0.15) is 5.69 Å². The van der Waals surface area contributed by atoms with Crippen molar-refractivity contribution in [3.8, 4) is 11.4 Å². The third-order valence-corrected chi connectivity index (χ3v) is 3.99. The zero-order valence-electron chi connectivity index (χ0n) is 12.0. The highest BCUT2D eigenvalue weighted by Gasteiger charge is 2.15. The summed E-state index contributed by atoms with van der Waals surface area (Å²) in [6, 6.07) is 7.11. The first-order chi connectivity index (χ1) is 10.5. The van der Waals surface area contributed by atoms with E-state index in [2.05, 4.69) is 25.9 Å². The third kappa shape index (κ3) is 2.23. The van der Waals surface area contributed by atoms with E-state index >= 15 is 0 Å². The van der Waals surface area contributed by atoms with Crippen molar-refractivity contribution in [1.82, 2.24) is 14.5 Å². The fraction of sp³-hybridized carbons (Fsp3) is 0.133. The van der Waals surface area contributed by atoms with Gasteiger partial charge in [0.05, 0.1) is 34.0 Å². The largest absolute Gasteiger partial charge is 0.495 e.